The molecule has 100 valence electrons. The molecule has 1 saturated heterocycles. The van der Waals surface area contributed by atoms with Crippen LogP contribution in [0.5, 0.6) is 0 Å². The minimum absolute atomic E-state index is 0.228. The van der Waals surface area contributed by atoms with Gasteiger partial charge >= 0.3 is 0 Å². The van der Waals surface area contributed by atoms with Gasteiger partial charge in [0.05, 0.1) is 5.69 Å². The second-order valence-corrected chi connectivity index (χ2v) is 7.05. The molecule has 1 aliphatic heterocycles. The molecule has 5 heteroatoms. The highest BCUT2D eigenvalue weighted by Gasteiger charge is 2.32. The highest BCUT2D eigenvalue weighted by molar-refractivity contribution is 7.89. The average Bonchev–Trinajstić information content (AvgIpc) is 2.33. The summed E-state index contributed by atoms with van der Waals surface area (Å²) in [5, 5.41) is 0. The lowest BCUT2D eigenvalue weighted by molar-refractivity contribution is 0.212. The minimum Gasteiger partial charge on any atom is -0.398 e. The third-order valence-electron chi connectivity index (χ3n) is 3.83. The Bertz CT molecular complexity index is 528. The molecule has 2 atom stereocenters. The molecule has 1 aromatic rings. The molecule has 4 nitrogen and oxygen atoms in total. The lowest BCUT2D eigenvalue weighted by atomic mass is 9.90. The van der Waals surface area contributed by atoms with Crippen LogP contribution in [0.1, 0.15) is 20.3 Å². The van der Waals surface area contributed by atoms with E-state index < -0.39 is 10.0 Å². The quantitative estimate of drug-likeness (QED) is 0.834. The Hall–Kier alpha value is -1.07. The van der Waals surface area contributed by atoms with Gasteiger partial charge in [-0.15, -0.1) is 0 Å². The van der Waals surface area contributed by atoms with Crippen LogP contribution in [0.4, 0.5) is 5.69 Å². The number of nitrogens with two attached hydrogens (primary N) is 1. The van der Waals surface area contributed by atoms with Gasteiger partial charge in [0.1, 0.15) is 4.90 Å². The standard InChI is InChI=1S/C13H20N2O2S/c1-10-7-8-15(9-11(10)2)18(16,17)13-6-4-3-5-12(13)14/h3-6,10-11H,7-9,14H2,1-2H3. The fourth-order valence-electron chi connectivity index (χ4n) is 2.30. The Balaban J connectivity index is 2.30. The van der Waals surface area contributed by atoms with Gasteiger partial charge in [-0.25, -0.2) is 8.42 Å². The van der Waals surface area contributed by atoms with E-state index in [0.717, 1.165) is 6.42 Å². The van der Waals surface area contributed by atoms with Crippen molar-refractivity contribution in [3.05, 3.63) is 24.3 Å². The lowest BCUT2D eigenvalue weighted by Crippen LogP contribution is -2.42. The number of nitrogens with zero attached hydrogens (tertiary/aromatic N) is 1. The summed E-state index contributed by atoms with van der Waals surface area (Å²) in [6.07, 6.45) is 0.910. The second kappa shape index (κ2) is 4.90. The van der Waals surface area contributed by atoms with Gasteiger partial charge in [0.25, 0.3) is 0 Å². The Morgan fingerprint density at radius 2 is 1.89 bits per heavy atom. The number of anilines is 1. The first-order chi connectivity index (χ1) is 8.43. The first-order valence-corrected chi connectivity index (χ1v) is 7.71. The summed E-state index contributed by atoms with van der Waals surface area (Å²) >= 11 is 0. The van der Waals surface area contributed by atoms with Crippen LogP contribution in [0.15, 0.2) is 29.2 Å². The van der Waals surface area contributed by atoms with Crippen molar-refractivity contribution < 1.29 is 8.42 Å². The van der Waals surface area contributed by atoms with E-state index in [1.165, 1.54) is 0 Å². The zero-order valence-electron chi connectivity index (χ0n) is 10.8. The van der Waals surface area contributed by atoms with Crippen molar-refractivity contribution in [2.24, 2.45) is 11.8 Å². The SMILES string of the molecule is CC1CCN(S(=O)(=O)c2ccccc2N)CC1C. The minimum atomic E-state index is -3.44. The summed E-state index contributed by atoms with van der Waals surface area (Å²) in [5.41, 5.74) is 6.09. The lowest BCUT2D eigenvalue weighted by Gasteiger charge is -2.34. The van der Waals surface area contributed by atoms with Crippen molar-refractivity contribution in [2.45, 2.75) is 25.2 Å². The molecule has 1 fully saturated rings. The predicted molar refractivity (Wildman–Crippen MR) is 72.6 cm³/mol. The van der Waals surface area contributed by atoms with E-state index in [4.69, 9.17) is 5.73 Å². The first-order valence-electron chi connectivity index (χ1n) is 6.27. The maximum absolute atomic E-state index is 12.5. The number of piperidine rings is 1. The van der Waals surface area contributed by atoms with Gasteiger partial charge in [0, 0.05) is 13.1 Å². The molecular formula is C13H20N2O2S. The highest BCUT2D eigenvalue weighted by atomic mass is 32.2. The summed E-state index contributed by atoms with van der Waals surface area (Å²) < 4.78 is 26.6. The summed E-state index contributed by atoms with van der Waals surface area (Å²) in [6.45, 7) is 5.44. The van der Waals surface area contributed by atoms with Crippen molar-refractivity contribution in [1.29, 1.82) is 0 Å². The second-order valence-electron chi connectivity index (χ2n) is 5.14. The number of hydrogen-bond donors (Lipinski definition) is 1. The molecule has 1 aliphatic rings. The van der Waals surface area contributed by atoms with E-state index in [0.29, 0.717) is 30.6 Å². The van der Waals surface area contributed by atoms with E-state index in [1.807, 2.05) is 0 Å². The molecule has 0 saturated carbocycles. The van der Waals surface area contributed by atoms with E-state index in [9.17, 15) is 8.42 Å². The van der Waals surface area contributed by atoms with Crippen molar-refractivity contribution in [3.8, 4) is 0 Å². The molecule has 2 rings (SSSR count). The number of para-hydroxylation sites is 1. The van der Waals surface area contributed by atoms with E-state index in [-0.39, 0.29) is 4.90 Å². The fourth-order valence-corrected chi connectivity index (χ4v) is 3.97. The number of sulfonamides is 1. The molecule has 0 aromatic heterocycles. The molecular weight excluding hydrogens is 248 g/mol. The summed E-state index contributed by atoms with van der Waals surface area (Å²) in [5.74, 6) is 0.961. The fraction of sp³-hybridized carbons (Fsp3) is 0.538. The number of hydrogen-bond acceptors (Lipinski definition) is 3. The molecule has 0 spiro atoms. The normalized spacial score (nSPS) is 26.1. The van der Waals surface area contributed by atoms with E-state index >= 15 is 0 Å². The maximum atomic E-state index is 12.5. The summed E-state index contributed by atoms with van der Waals surface area (Å²) in [7, 11) is -3.44. The highest BCUT2D eigenvalue weighted by Crippen LogP contribution is 2.29. The maximum Gasteiger partial charge on any atom is 0.245 e. The molecule has 1 heterocycles. The van der Waals surface area contributed by atoms with Crippen LogP contribution in [-0.2, 0) is 10.0 Å². The topological polar surface area (TPSA) is 63.4 Å². The molecule has 0 bridgehead atoms. The molecule has 2 unspecified atom stereocenters. The Morgan fingerprint density at radius 3 is 2.50 bits per heavy atom. The Labute approximate surface area is 109 Å². The van der Waals surface area contributed by atoms with Crippen LogP contribution >= 0.6 is 0 Å². The number of nitrogen functional groups attached to an aromatic ring is 1. The summed E-state index contributed by atoms with van der Waals surface area (Å²) in [6, 6.07) is 6.66. The van der Waals surface area contributed by atoms with Crippen LogP contribution in [-0.4, -0.2) is 25.8 Å². The van der Waals surface area contributed by atoms with Gasteiger partial charge in [0.15, 0.2) is 0 Å². The zero-order valence-corrected chi connectivity index (χ0v) is 11.7. The third kappa shape index (κ3) is 2.37. The van der Waals surface area contributed by atoms with Gasteiger partial charge in [-0.1, -0.05) is 26.0 Å². The van der Waals surface area contributed by atoms with Crippen LogP contribution in [0.2, 0.25) is 0 Å². The van der Waals surface area contributed by atoms with Crippen molar-refractivity contribution in [3.63, 3.8) is 0 Å². The molecule has 1 aromatic carbocycles. The summed E-state index contributed by atoms with van der Waals surface area (Å²) in [4.78, 5) is 0.228. The number of benzene rings is 1. The van der Waals surface area contributed by atoms with Crippen molar-refractivity contribution in [1.82, 2.24) is 4.31 Å². The van der Waals surface area contributed by atoms with Crippen LogP contribution in [0, 0.1) is 11.8 Å². The van der Waals surface area contributed by atoms with Gasteiger partial charge in [0.2, 0.25) is 10.0 Å². The molecule has 0 amide bonds. The molecule has 18 heavy (non-hydrogen) atoms. The molecule has 0 radical (unpaired) electrons. The van der Waals surface area contributed by atoms with Gasteiger partial charge < -0.3 is 5.73 Å². The van der Waals surface area contributed by atoms with Gasteiger partial charge in [-0.05, 0) is 30.4 Å². The number of rotatable bonds is 2. The smallest absolute Gasteiger partial charge is 0.245 e. The van der Waals surface area contributed by atoms with Crippen molar-refractivity contribution >= 4 is 15.7 Å². The van der Waals surface area contributed by atoms with Gasteiger partial charge in [-0.2, -0.15) is 4.31 Å². The van der Waals surface area contributed by atoms with Crippen LogP contribution < -0.4 is 5.73 Å². The van der Waals surface area contributed by atoms with Crippen LogP contribution in [0.3, 0.4) is 0 Å². The first kappa shape index (κ1) is 13.4. The molecule has 0 aliphatic carbocycles. The van der Waals surface area contributed by atoms with Crippen LogP contribution in [0.25, 0.3) is 0 Å². The third-order valence-corrected chi connectivity index (χ3v) is 5.77. The monoisotopic (exact) mass is 268 g/mol. The zero-order chi connectivity index (χ0) is 13.3. The predicted octanol–water partition coefficient (Wildman–Crippen LogP) is 1.94. The van der Waals surface area contributed by atoms with E-state index in [1.54, 1.807) is 28.6 Å². The Morgan fingerprint density at radius 1 is 1.22 bits per heavy atom. The van der Waals surface area contributed by atoms with Crippen molar-refractivity contribution in [2.75, 3.05) is 18.8 Å². The molecule has 2 N–H and O–H groups in total. The largest absolute Gasteiger partial charge is 0.398 e. The average molecular weight is 268 g/mol. The van der Waals surface area contributed by atoms with Gasteiger partial charge in [-0.3, -0.25) is 0 Å². The Kier molecular flexibility index (Phi) is 3.64. The van der Waals surface area contributed by atoms with E-state index in [2.05, 4.69) is 13.8 Å².